The van der Waals surface area contributed by atoms with E-state index in [-0.39, 0.29) is 11.8 Å². The molecular weight excluding hydrogens is 244 g/mol. The second kappa shape index (κ2) is 4.91. The number of fused-ring (bicyclic) bond motifs is 1. The van der Waals surface area contributed by atoms with Crippen LogP contribution in [0, 0.1) is 0 Å². The van der Waals surface area contributed by atoms with Gasteiger partial charge in [-0.25, -0.2) is 4.79 Å². The molecule has 1 aromatic rings. The van der Waals surface area contributed by atoms with Crippen molar-refractivity contribution in [1.29, 1.82) is 0 Å². The van der Waals surface area contributed by atoms with Gasteiger partial charge >= 0.3 is 5.97 Å². The monoisotopic (exact) mass is 262 g/mol. The van der Waals surface area contributed by atoms with Crippen LogP contribution in [0.4, 0.5) is 5.69 Å². The van der Waals surface area contributed by atoms with Crippen molar-refractivity contribution < 1.29 is 14.7 Å². The number of rotatable bonds is 4. The molecule has 0 bridgehead atoms. The lowest BCUT2D eigenvalue weighted by Gasteiger charge is -2.22. The van der Waals surface area contributed by atoms with Crippen molar-refractivity contribution in [2.45, 2.75) is 31.7 Å². The number of hydrogen-bond donors (Lipinski definition) is 3. The third-order valence-electron chi connectivity index (χ3n) is 3.36. The Labute approximate surface area is 112 Å². The van der Waals surface area contributed by atoms with Crippen LogP contribution < -0.4 is 10.6 Å². The molecule has 1 aliphatic rings. The summed E-state index contributed by atoms with van der Waals surface area (Å²) >= 11 is 0. The summed E-state index contributed by atoms with van der Waals surface area (Å²) in [5.74, 6) is -1.18. The van der Waals surface area contributed by atoms with Crippen molar-refractivity contribution >= 4 is 17.6 Å². The molecule has 0 aromatic heterocycles. The van der Waals surface area contributed by atoms with E-state index in [0.29, 0.717) is 13.0 Å². The summed E-state index contributed by atoms with van der Waals surface area (Å²) in [5.41, 5.74) is 0.936. The molecule has 1 atom stereocenters. The number of aliphatic carboxylic acids is 1. The first-order chi connectivity index (χ1) is 8.90. The number of carboxylic acids is 1. The average Bonchev–Trinajstić information content (AvgIpc) is 2.72. The van der Waals surface area contributed by atoms with Crippen molar-refractivity contribution in [3.63, 3.8) is 0 Å². The van der Waals surface area contributed by atoms with Gasteiger partial charge in [-0.3, -0.25) is 4.79 Å². The highest BCUT2D eigenvalue weighted by Gasteiger charge is 2.31. The molecule has 0 aliphatic carbocycles. The summed E-state index contributed by atoms with van der Waals surface area (Å²) in [6.07, 6.45) is 0.292. The van der Waals surface area contributed by atoms with Gasteiger partial charge in [0.05, 0.1) is 0 Å². The molecule has 1 unspecified atom stereocenters. The topological polar surface area (TPSA) is 78.4 Å². The van der Waals surface area contributed by atoms with E-state index in [1.165, 1.54) is 13.8 Å². The smallest absolute Gasteiger partial charge is 0.328 e. The normalized spacial score (nSPS) is 17.5. The Morgan fingerprint density at radius 1 is 1.42 bits per heavy atom. The molecule has 1 aromatic carbocycles. The van der Waals surface area contributed by atoms with E-state index in [1.807, 2.05) is 24.3 Å². The fourth-order valence-corrected chi connectivity index (χ4v) is 2.22. The average molecular weight is 262 g/mol. The van der Waals surface area contributed by atoms with Crippen LogP contribution in [0.1, 0.15) is 31.7 Å². The van der Waals surface area contributed by atoms with Gasteiger partial charge in [0.15, 0.2) is 0 Å². The first-order valence-corrected chi connectivity index (χ1v) is 6.27. The molecule has 1 amide bonds. The molecule has 1 aliphatic heterocycles. The highest BCUT2D eigenvalue weighted by molar-refractivity contribution is 5.86. The zero-order valence-corrected chi connectivity index (χ0v) is 11.1. The summed E-state index contributed by atoms with van der Waals surface area (Å²) in [6, 6.07) is 7.86. The lowest BCUT2D eigenvalue weighted by molar-refractivity contribution is -0.146. The molecule has 0 fully saturated rings. The van der Waals surface area contributed by atoms with Gasteiger partial charge in [-0.15, -0.1) is 0 Å². The Kier molecular flexibility index (Phi) is 3.46. The first kappa shape index (κ1) is 13.4. The van der Waals surface area contributed by atoms with Crippen LogP contribution in [0.3, 0.4) is 0 Å². The molecule has 5 heteroatoms. The minimum Gasteiger partial charge on any atom is -0.480 e. The second-order valence-electron chi connectivity index (χ2n) is 5.35. The van der Waals surface area contributed by atoms with Crippen LogP contribution in [0.15, 0.2) is 24.3 Å². The van der Waals surface area contributed by atoms with Crippen molar-refractivity contribution in [3.05, 3.63) is 29.8 Å². The molecule has 0 saturated heterocycles. The molecule has 1 heterocycles. The molecule has 0 spiro atoms. The van der Waals surface area contributed by atoms with Crippen LogP contribution >= 0.6 is 0 Å². The molecule has 102 valence electrons. The first-order valence-electron chi connectivity index (χ1n) is 6.27. The van der Waals surface area contributed by atoms with Crippen molar-refractivity contribution in [2.75, 3.05) is 11.9 Å². The third-order valence-corrected chi connectivity index (χ3v) is 3.36. The maximum absolute atomic E-state index is 11.9. The number of para-hydroxylation sites is 1. The Morgan fingerprint density at radius 3 is 2.79 bits per heavy atom. The van der Waals surface area contributed by atoms with Gasteiger partial charge in [-0.05, 0) is 25.5 Å². The maximum atomic E-state index is 11.9. The Bertz CT molecular complexity index is 511. The summed E-state index contributed by atoms with van der Waals surface area (Å²) in [7, 11) is 0. The number of benzene rings is 1. The number of anilines is 1. The van der Waals surface area contributed by atoms with E-state index in [4.69, 9.17) is 5.11 Å². The van der Waals surface area contributed by atoms with E-state index in [1.54, 1.807) is 0 Å². The standard InChI is InChI=1S/C14H18N2O3/c1-14(2,13(18)19)16-12(17)7-9-8-15-11-6-4-3-5-10(9)11/h3-6,9,15H,7-8H2,1-2H3,(H,16,17)(H,18,19). The predicted molar refractivity (Wildman–Crippen MR) is 72.1 cm³/mol. The molecular formula is C14H18N2O3. The van der Waals surface area contributed by atoms with Gasteiger partial charge in [0.2, 0.25) is 5.91 Å². The van der Waals surface area contributed by atoms with Crippen LogP contribution in [0.2, 0.25) is 0 Å². The summed E-state index contributed by atoms with van der Waals surface area (Å²) in [4.78, 5) is 22.9. The van der Waals surface area contributed by atoms with E-state index >= 15 is 0 Å². The van der Waals surface area contributed by atoms with Crippen LogP contribution in [-0.4, -0.2) is 29.1 Å². The van der Waals surface area contributed by atoms with Crippen molar-refractivity contribution in [3.8, 4) is 0 Å². The highest BCUT2D eigenvalue weighted by Crippen LogP contribution is 2.33. The fourth-order valence-electron chi connectivity index (χ4n) is 2.22. The van der Waals surface area contributed by atoms with Crippen LogP contribution in [0.5, 0.6) is 0 Å². The number of carboxylic acid groups (broad SMARTS) is 1. The van der Waals surface area contributed by atoms with Crippen LogP contribution in [-0.2, 0) is 9.59 Å². The molecule has 0 saturated carbocycles. The second-order valence-corrected chi connectivity index (χ2v) is 5.35. The van der Waals surface area contributed by atoms with Crippen molar-refractivity contribution in [1.82, 2.24) is 5.32 Å². The summed E-state index contributed by atoms with van der Waals surface area (Å²) < 4.78 is 0. The number of carbonyl (C=O) groups is 2. The van der Waals surface area contributed by atoms with E-state index in [9.17, 15) is 9.59 Å². The Hall–Kier alpha value is -2.04. The lowest BCUT2D eigenvalue weighted by Crippen LogP contribution is -2.49. The van der Waals surface area contributed by atoms with E-state index < -0.39 is 11.5 Å². The lowest BCUT2D eigenvalue weighted by atomic mass is 9.96. The number of hydrogen-bond acceptors (Lipinski definition) is 3. The van der Waals surface area contributed by atoms with Crippen LogP contribution in [0.25, 0.3) is 0 Å². The highest BCUT2D eigenvalue weighted by atomic mass is 16.4. The Balaban J connectivity index is 2.00. The SMILES string of the molecule is CC(C)(NC(=O)CC1CNc2ccccc21)C(=O)O. The van der Waals surface area contributed by atoms with Gasteiger partial charge in [0.25, 0.3) is 0 Å². The Morgan fingerprint density at radius 2 is 2.11 bits per heavy atom. The van der Waals surface area contributed by atoms with Gasteiger partial charge in [0.1, 0.15) is 5.54 Å². The molecule has 19 heavy (non-hydrogen) atoms. The molecule has 2 rings (SSSR count). The summed E-state index contributed by atoms with van der Waals surface area (Å²) in [6.45, 7) is 3.67. The van der Waals surface area contributed by atoms with Gasteiger partial charge in [-0.2, -0.15) is 0 Å². The summed E-state index contributed by atoms with van der Waals surface area (Å²) in [5, 5.41) is 14.8. The third kappa shape index (κ3) is 2.86. The predicted octanol–water partition coefficient (Wildman–Crippen LogP) is 1.57. The van der Waals surface area contributed by atoms with E-state index in [2.05, 4.69) is 10.6 Å². The zero-order chi connectivity index (χ0) is 14.0. The maximum Gasteiger partial charge on any atom is 0.328 e. The quantitative estimate of drug-likeness (QED) is 0.769. The molecule has 3 N–H and O–H groups in total. The minimum absolute atomic E-state index is 0.0980. The molecule has 0 radical (unpaired) electrons. The largest absolute Gasteiger partial charge is 0.480 e. The van der Waals surface area contributed by atoms with Crippen molar-refractivity contribution in [2.24, 2.45) is 0 Å². The molecule has 5 nitrogen and oxygen atoms in total. The fraction of sp³-hybridized carbons (Fsp3) is 0.429. The van der Waals surface area contributed by atoms with Gasteiger partial charge in [-0.1, -0.05) is 18.2 Å². The van der Waals surface area contributed by atoms with Gasteiger partial charge < -0.3 is 15.7 Å². The number of carbonyl (C=O) groups excluding carboxylic acids is 1. The van der Waals surface area contributed by atoms with E-state index in [0.717, 1.165) is 11.3 Å². The number of nitrogens with one attached hydrogen (secondary N) is 2. The minimum atomic E-state index is -1.23. The number of amides is 1. The van der Waals surface area contributed by atoms with Gasteiger partial charge in [0, 0.05) is 24.6 Å². The zero-order valence-electron chi connectivity index (χ0n) is 11.1.